The lowest BCUT2D eigenvalue weighted by molar-refractivity contribution is -0.126. The summed E-state index contributed by atoms with van der Waals surface area (Å²) >= 11 is 0. The highest BCUT2D eigenvalue weighted by Gasteiger charge is 2.35. The number of anilines is 1. The highest BCUT2D eigenvalue weighted by molar-refractivity contribution is 6.00. The van der Waals surface area contributed by atoms with Gasteiger partial charge in [-0.25, -0.2) is 0 Å². The SMILES string of the molecule is COc1ccc(N2CC(C(=O)NCCNC(=O)c3ccccc3)CC2=O)cc1OC. The Morgan fingerprint density at radius 1 is 1.00 bits per heavy atom. The predicted molar refractivity (Wildman–Crippen MR) is 112 cm³/mol. The van der Waals surface area contributed by atoms with Crippen LogP contribution in [0.2, 0.25) is 0 Å². The van der Waals surface area contributed by atoms with E-state index in [2.05, 4.69) is 10.6 Å². The van der Waals surface area contributed by atoms with Gasteiger partial charge in [0.1, 0.15) is 0 Å². The molecule has 2 aromatic rings. The maximum Gasteiger partial charge on any atom is 0.251 e. The first kappa shape index (κ1) is 21.2. The maximum atomic E-state index is 12.5. The van der Waals surface area contributed by atoms with Crippen molar-refractivity contribution in [2.75, 3.05) is 38.8 Å². The third-order valence-electron chi connectivity index (χ3n) is 4.92. The summed E-state index contributed by atoms with van der Waals surface area (Å²) in [5.74, 6) is 0.112. The van der Waals surface area contributed by atoms with Crippen molar-refractivity contribution < 1.29 is 23.9 Å². The van der Waals surface area contributed by atoms with Gasteiger partial charge in [0.25, 0.3) is 5.91 Å². The Morgan fingerprint density at radius 3 is 2.40 bits per heavy atom. The number of carbonyl (C=O) groups is 3. The maximum absolute atomic E-state index is 12.5. The monoisotopic (exact) mass is 411 g/mol. The van der Waals surface area contributed by atoms with E-state index in [1.807, 2.05) is 6.07 Å². The van der Waals surface area contributed by atoms with Gasteiger partial charge in [-0.3, -0.25) is 14.4 Å². The summed E-state index contributed by atoms with van der Waals surface area (Å²) in [7, 11) is 3.07. The zero-order valence-electron chi connectivity index (χ0n) is 17.0. The fourth-order valence-corrected chi connectivity index (χ4v) is 3.32. The summed E-state index contributed by atoms with van der Waals surface area (Å²) in [6.45, 7) is 0.883. The van der Waals surface area contributed by atoms with Crippen LogP contribution in [0.25, 0.3) is 0 Å². The van der Waals surface area contributed by atoms with Crippen molar-refractivity contribution in [2.24, 2.45) is 5.92 Å². The number of benzene rings is 2. The standard InChI is InChI=1S/C22H25N3O5/c1-29-18-9-8-17(13-19(18)30-2)25-14-16(12-20(25)26)22(28)24-11-10-23-21(27)15-6-4-3-5-7-15/h3-9,13,16H,10-12,14H2,1-2H3,(H,23,27)(H,24,28). The quantitative estimate of drug-likeness (QED) is 0.643. The van der Waals surface area contributed by atoms with E-state index < -0.39 is 5.92 Å². The summed E-state index contributed by atoms with van der Waals surface area (Å²) in [6.07, 6.45) is 0.135. The summed E-state index contributed by atoms with van der Waals surface area (Å²) < 4.78 is 10.5. The first-order valence-corrected chi connectivity index (χ1v) is 9.67. The van der Waals surface area contributed by atoms with E-state index in [1.165, 1.54) is 7.11 Å². The first-order chi connectivity index (χ1) is 14.5. The third kappa shape index (κ3) is 4.89. The van der Waals surface area contributed by atoms with Crippen molar-refractivity contribution >= 4 is 23.4 Å². The summed E-state index contributed by atoms with van der Waals surface area (Å²) in [4.78, 5) is 38.5. The van der Waals surface area contributed by atoms with Gasteiger partial charge in [-0.05, 0) is 24.3 Å². The molecule has 1 fully saturated rings. The van der Waals surface area contributed by atoms with Crippen molar-refractivity contribution in [2.45, 2.75) is 6.42 Å². The molecule has 1 atom stereocenters. The van der Waals surface area contributed by atoms with Gasteiger partial charge in [0, 0.05) is 43.4 Å². The second-order valence-corrected chi connectivity index (χ2v) is 6.86. The number of amides is 3. The van der Waals surface area contributed by atoms with Crippen LogP contribution in [-0.4, -0.2) is 51.6 Å². The summed E-state index contributed by atoms with van der Waals surface area (Å²) in [6, 6.07) is 14.1. The van der Waals surface area contributed by atoms with Gasteiger partial charge < -0.3 is 25.0 Å². The molecule has 1 saturated heterocycles. The van der Waals surface area contributed by atoms with Gasteiger partial charge in [0.2, 0.25) is 11.8 Å². The van der Waals surface area contributed by atoms with Crippen LogP contribution < -0.4 is 25.0 Å². The van der Waals surface area contributed by atoms with E-state index in [0.717, 1.165) is 0 Å². The minimum Gasteiger partial charge on any atom is -0.493 e. The first-order valence-electron chi connectivity index (χ1n) is 9.67. The third-order valence-corrected chi connectivity index (χ3v) is 4.92. The second kappa shape index (κ2) is 9.78. The molecule has 8 nitrogen and oxygen atoms in total. The zero-order chi connectivity index (χ0) is 21.5. The van der Waals surface area contributed by atoms with Crippen LogP contribution >= 0.6 is 0 Å². The topological polar surface area (TPSA) is 97.0 Å². The molecule has 1 aliphatic heterocycles. The molecule has 1 aliphatic rings. The molecule has 2 aromatic carbocycles. The van der Waals surface area contributed by atoms with Crippen LogP contribution in [-0.2, 0) is 9.59 Å². The normalized spacial score (nSPS) is 15.6. The highest BCUT2D eigenvalue weighted by Crippen LogP contribution is 2.34. The Kier molecular flexibility index (Phi) is 6.90. The number of hydrogen-bond donors (Lipinski definition) is 2. The second-order valence-electron chi connectivity index (χ2n) is 6.86. The molecular weight excluding hydrogens is 386 g/mol. The Labute approximate surface area is 175 Å². The lowest BCUT2D eigenvalue weighted by atomic mass is 10.1. The lowest BCUT2D eigenvalue weighted by Crippen LogP contribution is -2.38. The molecule has 30 heavy (non-hydrogen) atoms. The number of ether oxygens (including phenoxy) is 2. The fraction of sp³-hybridized carbons (Fsp3) is 0.318. The molecule has 1 unspecified atom stereocenters. The average molecular weight is 411 g/mol. The van der Waals surface area contributed by atoms with E-state index >= 15 is 0 Å². The van der Waals surface area contributed by atoms with Gasteiger partial charge >= 0.3 is 0 Å². The molecule has 8 heteroatoms. The smallest absolute Gasteiger partial charge is 0.251 e. The highest BCUT2D eigenvalue weighted by atomic mass is 16.5. The Morgan fingerprint density at radius 2 is 1.70 bits per heavy atom. The van der Waals surface area contributed by atoms with Crippen LogP contribution in [0.3, 0.4) is 0 Å². The average Bonchev–Trinajstić information content (AvgIpc) is 3.18. The molecule has 0 aliphatic carbocycles. The fourth-order valence-electron chi connectivity index (χ4n) is 3.32. The summed E-state index contributed by atoms with van der Waals surface area (Å²) in [5.41, 5.74) is 1.22. The Bertz CT molecular complexity index is 916. The molecule has 0 aromatic heterocycles. The Hall–Kier alpha value is -3.55. The van der Waals surface area contributed by atoms with Crippen molar-refractivity contribution in [1.82, 2.24) is 10.6 Å². The van der Waals surface area contributed by atoms with Gasteiger partial charge in [-0.15, -0.1) is 0 Å². The molecule has 158 valence electrons. The van der Waals surface area contributed by atoms with Crippen LogP contribution in [0.15, 0.2) is 48.5 Å². The molecule has 3 rings (SSSR count). The largest absolute Gasteiger partial charge is 0.493 e. The predicted octanol–water partition coefficient (Wildman–Crippen LogP) is 1.60. The molecule has 3 amide bonds. The van der Waals surface area contributed by atoms with Gasteiger partial charge in [0.05, 0.1) is 20.1 Å². The van der Waals surface area contributed by atoms with E-state index in [1.54, 1.807) is 54.5 Å². The Balaban J connectivity index is 1.50. The molecule has 0 saturated carbocycles. The molecule has 0 radical (unpaired) electrons. The van der Waals surface area contributed by atoms with E-state index in [-0.39, 0.29) is 30.7 Å². The van der Waals surface area contributed by atoms with Crippen molar-refractivity contribution in [3.05, 3.63) is 54.1 Å². The zero-order valence-corrected chi connectivity index (χ0v) is 17.0. The van der Waals surface area contributed by atoms with E-state index in [0.29, 0.717) is 35.8 Å². The number of nitrogens with zero attached hydrogens (tertiary/aromatic N) is 1. The number of rotatable bonds is 8. The molecule has 1 heterocycles. The summed E-state index contributed by atoms with van der Waals surface area (Å²) in [5, 5.41) is 5.54. The molecule has 0 spiro atoms. The lowest BCUT2D eigenvalue weighted by Gasteiger charge is -2.18. The van der Waals surface area contributed by atoms with Crippen molar-refractivity contribution in [1.29, 1.82) is 0 Å². The van der Waals surface area contributed by atoms with Crippen LogP contribution in [0, 0.1) is 5.92 Å². The molecule has 2 N–H and O–H groups in total. The van der Waals surface area contributed by atoms with Crippen molar-refractivity contribution in [3.63, 3.8) is 0 Å². The molecule has 0 bridgehead atoms. The number of methoxy groups -OCH3 is 2. The number of carbonyl (C=O) groups excluding carboxylic acids is 3. The van der Waals surface area contributed by atoms with Crippen molar-refractivity contribution in [3.8, 4) is 11.5 Å². The van der Waals surface area contributed by atoms with Crippen LogP contribution in [0.5, 0.6) is 11.5 Å². The minimum absolute atomic E-state index is 0.125. The van der Waals surface area contributed by atoms with Crippen LogP contribution in [0.4, 0.5) is 5.69 Å². The molecular formula is C22H25N3O5. The number of hydrogen-bond acceptors (Lipinski definition) is 5. The van der Waals surface area contributed by atoms with Crippen LogP contribution in [0.1, 0.15) is 16.8 Å². The van der Waals surface area contributed by atoms with E-state index in [9.17, 15) is 14.4 Å². The van der Waals surface area contributed by atoms with Gasteiger partial charge in [-0.1, -0.05) is 18.2 Å². The number of nitrogens with one attached hydrogen (secondary N) is 2. The van der Waals surface area contributed by atoms with Gasteiger partial charge in [0.15, 0.2) is 11.5 Å². The van der Waals surface area contributed by atoms with E-state index in [4.69, 9.17) is 9.47 Å². The minimum atomic E-state index is -0.449. The van der Waals surface area contributed by atoms with Gasteiger partial charge in [-0.2, -0.15) is 0 Å².